The molecule has 0 radical (unpaired) electrons. The number of methoxy groups -OCH3 is 2. The van der Waals surface area contributed by atoms with E-state index < -0.39 is 0 Å². The van der Waals surface area contributed by atoms with Crippen molar-refractivity contribution in [3.05, 3.63) is 57.8 Å². The molecule has 1 N–H and O–H groups in total. The zero-order valence-corrected chi connectivity index (χ0v) is 18.0. The molecule has 0 spiro atoms. The Bertz CT molecular complexity index is 1190. The van der Waals surface area contributed by atoms with Gasteiger partial charge in [-0.3, -0.25) is 14.2 Å². The van der Waals surface area contributed by atoms with E-state index in [0.29, 0.717) is 28.5 Å². The maximum absolute atomic E-state index is 13.0. The quantitative estimate of drug-likeness (QED) is 0.655. The number of amides is 1. The summed E-state index contributed by atoms with van der Waals surface area (Å²) in [4.78, 5) is 34.4. The Balaban J connectivity index is 1.51. The number of aryl methyl sites for hydroxylation is 1. The van der Waals surface area contributed by atoms with E-state index in [-0.39, 0.29) is 24.6 Å². The van der Waals surface area contributed by atoms with Crippen molar-refractivity contribution in [2.24, 2.45) is 5.92 Å². The van der Waals surface area contributed by atoms with Gasteiger partial charge in [0.1, 0.15) is 24.4 Å². The highest BCUT2D eigenvalue weighted by Gasteiger charge is 2.19. The number of hydrogen-bond donors (Lipinski definition) is 1. The first-order chi connectivity index (χ1) is 15.0. The second-order valence-corrected chi connectivity index (χ2v) is 7.95. The first-order valence-electron chi connectivity index (χ1n) is 10.3. The lowest BCUT2D eigenvalue weighted by atomic mass is 9.87. The third kappa shape index (κ3) is 4.38. The molecule has 0 fully saturated rings. The van der Waals surface area contributed by atoms with E-state index >= 15 is 0 Å². The molecule has 8 heteroatoms. The van der Waals surface area contributed by atoms with Crippen LogP contribution >= 0.6 is 0 Å². The third-order valence-electron chi connectivity index (χ3n) is 5.70. The highest BCUT2D eigenvalue weighted by atomic mass is 16.5. The monoisotopic (exact) mass is 422 g/mol. The maximum Gasteiger partial charge on any atom is 0.263 e. The summed E-state index contributed by atoms with van der Waals surface area (Å²) in [6.07, 6.45) is 4.31. The number of rotatable bonds is 6. The minimum absolute atomic E-state index is 0.123. The van der Waals surface area contributed by atoms with Crippen LogP contribution in [0, 0.1) is 5.92 Å². The second-order valence-electron chi connectivity index (χ2n) is 7.95. The number of carbonyl (C=O) groups excluding carboxylic acids is 1. The van der Waals surface area contributed by atoms with E-state index in [1.54, 1.807) is 32.4 Å². The van der Waals surface area contributed by atoms with Gasteiger partial charge in [-0.2, -0.15) is 0 Å². The van der Waals surface area contributed by atoms with E-state index in [1.807, 2.05) is 6.07 Å². The Morgan fingerprint density at radius 3 is 2.87 bits per heavy atom. The van der Waals surface area contributed by atoms with Crippen LogP contribution in [0.3, 0.4) is 0 Å². The molecule has 31 heavy (non-hydrogen) atoms. The van der Waals surface area contributed by atoms with Crippen LogP contribution in [0.1, 0.15) is 30.2 Å². The van der Waals surface area contributed by atoms with Crippen molar-refractivity contribution in [2.45, 2.75) is 39.3 Å². The fraction of sp³-hybridized carbons (Fsp3) is 0.391. The number of nitrogens with zero attached hydrogens (tertiary/aromatic N) is 3. The standard InChI is InChI=1S/C23H26N4O4/c1-14-4-6-19-15(8-14)10-18-22(26-19)25-13-27(23(18)29)12-21(28)24-11-16-9-17(30-2)5-7-20(16)31-3/h5,7,9-10,13-14H,4,6,8,11-12H2,1-3H3,(H,24,28)/t14-/m1/s1. The van der Waals surface area contributed by atoms with Gasteiger partial charge in [0.2, 0.25) is 5.91 Å². The van der Waals surface area contributed by atoms with Gasteiger partial charge in [-0.25, -0.2) is 9.97 Å². The molecule has 8 nitrogen and oxygen atoms in total. The van der Waals surface area contributed by atoms with Gasteiger partial charge >= 0.3 is 0 Å². The number of hydrogen-bond acceptors (Lipinski definition) is 6. The Morgan fingerprint density at radius 2 is 2.10 bits per heavy atom. The van der Waals surface area contributed by atoms with Crippen molar-refractivity contribution in [3.8, 4) is 11.5 Å². The van der Waals surface area contributed by atoms with Gasteiger partial charge in [-0.15, -0.1) is 0 Å². The molecule has 0 bridgehead atoms. The fourth-order valence-electron chi connectivity index (χ4n) is 3.96. The van der Waals surface area contributed by atoms with Gasteiger partial charge < -0.3 is 14.8 Å². The average Bonchev–Trinajstić information content (AvgIpc) is 2.78. The van der Waals surface area contributed by atoms with E-state index in [1.165, 1.54) is 10.9 Å². The number of ether oxygens (including phenoxy) is 2. The van der Waals surface area contributed by atoms with Crippen LogP contribution in [0.15, 0.2) is 35.4 Å². The van der Waals surface area contributed by atoms with Gasteiger partial charge in [-0.1, -0.05) is 6.92 Å². The summed E-state index contributed by atoms with van der Waals surface area (Å²) in [5, 5.41) is 3.28. The molecule has 0 unspecified atom stereocenters. The summed E-state index contributed by atoms with van der Waals surface area (Å²) in [6.45, 7) is 2.33. The SMILES string of the molecule is COc1ccc(OC)c(CNC(=O)Cn2cnc3nc4c(cc3c2=O)C[C@H](C)CC4)c1. The largest absolute Gasteiger partial charge is 0.497 e. The molecule has 0 saturated heterocycles. The minimum atomic E-state index is -0.298. The molecule has 1 amide bonds. The smallest absolute Gasteiger partial charge is 0.263 e. The summed E-state index contributed by atoms with van der Waals surface area (Å²) in [6, 6.07) is 7.28. The highest BCUT2D eigenvalue weighted by molar-refractivity contribution is 5.77. The molecule has 3 aromatic rings. The third-order valence-corrected chi connectivity index (χ3v) is 5.70. The van der Waals surface area contributed by atoms with Crippen LogP contribution in [-0.2, 0) is 30.7 Å². The predicted molar refractivity (Wildman–Crippen MR) is 116 cm³/mol. The molecule has 0 aliphatic heterocycles. The van der Waals surface area contributed by atoms with Crippen LogP contribution in [0.4, 0.5) is 0 Å². The molecular formula is C23H26N4O4. The van der Waals surface area contributed by atoms with E-state index in [0.717, 1.165) is 36.1 Å². The average molecular weight is 422 g/mol. The predicted octanol–water partition coefficient (Wildman–Crippen LogP) is 2.25. The Hall–Kier alpha value is -3.42. The number of carbonyl (C=O) groups is 1. The molecule has 2 heterocycles. The van der Waals surface area contributed by atoms with Crippen molar-refractivity contribution in [1.29, 1.82) is 0 Å². The first kappa shape index (κ1) is 20.8. The van der Waals surface area contributed by atoms with Crippen molar-refractivity contribution >= 4 is 16.9 Å². The number of fused-ring (bicyclic) bond motifs is 2. The van der Waals surface area contributed by atoms with Gasteiger partial charge in [0.05, 0.1) is 19.6 Å². The van der Waals surface area contributed by atoms with Gasteiger partial charge in [0, 0.05) is 17.8 Å². The highest BCUT2D eigenvalue weighted by Crippen LogP contribution is 2.26. The lowest BCUT2D eigenvalue weighted by Gasteiger charge is -2.20. The molecule has 162 valence electrons. The molecule has 4 rings (SSSR count). The minimum Gasteiger partial charge on any atom is -0.497 e. The summed E-state index contributed by atoms with van der Waals surface area (Å²) in [5.74, 6) is 1.60. The number of nitrogens with one attached hydrogen (secondary N) is 1. The molecule has 0 saturated carbocycles. The van der Waals surface area contributed by atoms with Crippen LogP contribution in [0.25, 0.3) is 11.0 Å². The Kier molecular flexibility index (Phi) is 5.88. The van der Waals surface area contributed by atoms with Crippen LogP contribution in [-0.4, -0.2) is 34.7 Å². The zero-order chi connectivity index (χ0) is 22.0. The number of aromatic nitrogens is 3. The van der Waals surface area contributed by atoms with Crippen LogP contribution in [0.2, 0.25) is 0 Å². The van der Waals surface area contributed by atoms with Crippen molar-refractivity contribution in [1.82, 2.24) is 19.9 Å². The van der Waals surface area contributed by atoms with Crippen molar-refractivity contribution < 1.29 is 14.3 Å². The number of benzene rings is 1. The summed E-state index contributed by atoms with van der Waals surface area (Å²) in [5.41, 5.74) is 3.10. The number of pyridine rings is 1. The lowest BCUT2D eigenvalue weighted by Crippen LogP contribution is -2.32. The summed E-state index contributed by atoms with van der Waals surface area (Å²) < 4.78 is 11.9. The van der Waals surface area contributed by atoms with Gasteiger partial charge in [-0.05, 0) is 55.0 Å². The van der Waals surface area contributed by atoms with Gasteiger partial charge in [0.15, 0.2) is 5.65 Å². The van der Waals surface area contributed by atoms with E-state index in [9.17, 15) is 9.59 Å². The second kappa shape index (κ2) is 8.75. The lowest BCUT2D eigenvalue weighted by molar-refractivity contribution is -0.121. The van der Waals surface area contributed by atoms with E-state index in [2.05, 4.69) is 22.2 Å². The summed E-state index contributed by atoms with van der Waals surface area (Å²) >= 11 is 0. The van der Waals surface area contributed by atoms with E-state index in [4.69, 9.17) is 9.47 Å². The van der Waals surface area contributed by atoms with Crippen LogP contribution < -0.4 is 20.3 Å². The van der Waals surface area contributed by atoms with Crippen molar-refractivity contribution in [3.63, 3.8) is 0 Å². The zero-order valence-electron chi connectivity index (χ0n) is 18.0. The molecule has 1 aliphatic rings. The van der Waals surface area contributed by atoms with Crippen LogP contribution in [0.5, 0.6) is 11.5 Å². The molecule has 1 aliphatic carbocycles. The fourth-order valence-corrected chi connectivity index (χ4v) is 3.96. The Morgan fingerprint density at radius 1 is 1.26 bits per heavy atom. The summed E-state index contributed by atoms with van der Waals surface area (Å²) in [7, 11) is 3.15. The Labute approximate surface area is 180 Å². The molecular weight excluding hydrogens is 396 g/mol. The van der Waals surface area contributed by atoms with Gasteiger partial charge in [0.25, 0.3) is 5.56 Å². The molecule has 1 aromatic carbocycles. The first-order valence-corrected chi connectivity index (χ1v) is 10.3. The molecule has 2 aromatic heterocycles. The normalized spacial score (nSPS) is 15.4. The topological polar surface area (TPSA) is 95.3 Å². The maximum atomic E-state index is 13.0. The molecule has 1 atom stereocenters. The van der Waals surface area contributed by atoms with Crippen molar-refractivity contribution in [2.75, 3.05) is 14.2 Å².